The molecule has 0 aliphatic carbocycles. The average Bonchev–Trinajstić information content (AvgIpc) is 2.42. The van der Waals surface area contributed by atoms with Crippen molar-refractivity contribution in [3.05, 3.63) is 58.1 Å². The highest BCUT2D eigenvalue weighted by Gasteiger charge is 2.20. The summed E-state index contributed by atoms with van der Waals surface area (Å²) in [6, 6.07) is 7.76. The van der Waals surface area contributed by atoms with Crippen LogP contribution < -0.4 is 10.5 Å². The van der Waals surface area contributed by atoms with Crippen molar-refractivity contribution in [2.24, 2.45) is 0 Å². The van der Waals surface area contributed by atoms with E-state index in [4.69, 9.17) is 5.73 Å². The minimum atomic E-state index is -3.96. The van der Waals surface area contributed by atoms with Crippen molar-refractivity contribution in [2.45, 2.75) is 11.4 Å². The molecule has 0 radical (unpaired) electrons. The predicted molar refractivity (Wildman–Crippen MR) is 78.9 cm³/mol. The van der Waals surface area contributed by atoms with Crippen LogP contribution in [0.4, 0.5) is 14.5 Å². The molecule has 0 unspecified atom stereocenters. The van der Waals surface area contributed by atoms with Gasteiger partial charge >= 0.3 is 0 Å². The van der Waals surface area contributed by atoms with Gasteiger partial charge in [-0.3, -0.25) is 0 Å². The van der Waals surface area contributed by atoms with Crippen LogP contribution in [-0.4, -0.2) is 8.42 Å². The highest BCUT2D eigenvalue weighted by molar-refractivity contribution is 9.10. The van der Waals surface area contributed by atoms with E-state index in [1.165, 1.54) is 18.2 Å². The van der Waals surface area contributed by atoms with E-state index < -0.39 is 21.7 Å². The number of nitrogens with two attached hydrogens (primary N) is 1. The molecule has 0 fully saturated rings. The second-order valence-electron chi connectivity index (χ2n) is 4.22. The van der Waals surface area contributed by atoms with Gasteiger partial charge in [-0.1, -0.05) is 18.2 Å². The second kappa shape index (κ2) is 6.08. The molecule has 0 aromatic heterocycles. The molecule has 0 aliphatic heterocycles. The normalized spacial score (nSPS) is 11.6. The van der Waals surface area contributed by atoms with Crippen LogP contribution in [0.15, 0.2) is 45.8 Å². The lowest BCUT2D eigenvalue weighted by Crippen LogP contribution is -2.24. The van der Waals surface area contributed by atoms with E-state index in [2.05, 4.69) is 20.7 Å². The third kappa shape index (κ3) is 3.58. The Morgan fingerprint density at radius 3 is 2.48 bits per heavy atom. The lowest BCUT2D eigenvalue weighted by atomic mass is 10.2. The minimum Gasteiger partial charge on any atom is -0.396 e. The molecule has 0 amide bonds. The number of halogens is 3. The average molecular weight is 377 g/mol. The quantitative estimate of drug-likeness (QED) is 0.805. The highest BCUT2D eigenvalue weighted by atomic mass is 79.9. The molecule has 0 atom stereocenters. The zero-order chi connectivity index (χ0) is 15.6. The SMILES string of the molecule is Nc1cc(S(=O)(=O)NCc2ccccc2F)c(Br)cc1F. The molecular formula is C13H11BrF2N2O2S. The summed E-state index contributed by atoms with van der Waals surface area (Å²) in [6.07, 6.45) is 0. The fraction of sp³-hybridized carbons (Fsp3) is 0.0769. The number of rotatable bonds is 4. The number of hydrogen-bond donors (Lipinski definition) is 2. The number of anilines is 1. The first-order valence-corrected chi connectivity index (χ1v) is 8.06. The molecule has 2 aromatic carbocycles. The highest BCUT2D eigenvalue weighted by Crippen LogP contribution is 2.26. The summed E-state index contributed by atoms with van der Waals surface area (Å²) in [5.74, 6) is -1.24. The lowest BCUT2D eigenvalue weighted by Gasteiger charge is -2.10. The van der Waals surface area contributed by atoms with Crippen molar-refractivity contribution in [3.63, 3.8) is 0 Å². The Bertz CT molecular complexity index is 782. The maximum Gasteiger partial charge on any atom is 0.242 e. The van der Waals surface area contributed by atoms with Crippen LogP contribution in [0.3, 0.4) is 0 Å². The fourth-order valence-corrected chi connectivity index (χ4v) is 3.70. The molecule has 8 heteroatoms. The van der Waals surface area contributed by atoms with E-state index in [9.17, 15) is 17.2 Å². The molecule has 112 valence electrons. The summed E-state index contributed by atoms with van der Waals surface area (Å²) >= 11 is 2.97. The molecule has 0 heterocycles. The van der Waals surface area contributed by atoms with Gasteiger partial charge in [0, 0.05) is 16.6 Å². The molecular weight excluding hydrogens is 366 g/mol. The second-order valence-corrected chi connectivity index (χ2v) is 6.81. The largest absolute Gasteiger partial charge is 0.396 e. The summed E-state index contributed by atoms with van der Waals surface area (Å²) in [4.78, 5) is -0.210. The van der Waals surface area contributed by atoms with Crippen molar-refractivity contribution in [1.29, 1.82) is 0 Å². The molecule has 2 aromatic rings. The van der Waals surface area contributed by atoms with Crippen LogP contribution in [-0.2, 0) is 16.6 Å². The van der Waals surface area contributed by atoms with Gasteiger partial charge < -0.3 is 5.73 Å². The van der Waals surface area contributed by atoms with Crippen molar-refractivity contribution >= 4 is 31.6 Å². The van der Waals surface area contributed by atoms with Crippen LogP contribution in [0, 0.1) is 11.6 Å². The first-order chi connectivity index (χ1) is 9.81. The van der Waals surface area contributed by atoms with Gasteiger partial charge in [0.1, 0.15) is 11.6 Å². The number of hydrogen-bond acceptors (Lipinski definition) is 3. The zero-order valence-corrected chi connectivity index (χ0v) is 13.0. The van der Waals surface area contributed by atoms with Gasteiger partial charge in [0.05, 0.1) is 10.6 Å². The number of sulfonamides is 1. The maximum atomic E-state index is 13.4. The Hall–Kier alpha value is -1.51. The molecule has 21 heavy (non-hydrogen) atoms. The first-order valence-electron chi connectivity index (χ1n) is 5.79. The third-order valence-corrected chi connectivity index (χ3v) is 5.11. The summed E-state index contributed by atoms with van der Waals surface area (Å²) in [5, 5.41) is 0. The standard InChI is InChI=1S/C13H11BrF2N2O2S/c14-9-5-11(16)12(17)6-13(9)21(19,20)18-7-8-3-1-2-4-10(8)15/h1-6,18H,7,17H2. The maximum absolute atomic E-state index is 13.4. The Labute approximate surface area is 129 Å². The van der Waals surface area contributed by atoms with Gasteiger partial charge in [0.15, 0.2) is 0 Å². The Morgan fingerprint density at radius 2 is 1.81 bits per heavy atom. The molecule has 0 bridgehead atoms. The van der Waals surface area contributed by atoms with E-state index in [1.54, 1.807) is 6.07 Å². The van der Waals surface area contributed by atoms with Crippen molar-refractivity contribution in [2.75, 3.05) is 5.73 Å². The molecule has 0 saturated heterocycles. The zero-order valence-electron chi connectivity index (χ0n) is 10.6. The number of benzene rings is 2. The van der Waals surface area contributed by atoms with Crippen LogP contribution in [0.2, 0.25) is 0 Å². The summed E-state index contributed by atoms with van der Waals surface area (Å²) in [5.41, 5.74) is 5.28. The summed E-state index contributed by atoms with van der Waals surface area (Å²) in [6.45, 7) is -0.223. The predicted octanol–water partition coefficient (Wildman–Crippen LogP) is 2.79. The topological polar surface area (TPSA) is 72.2 Å². The van der Waals surface area contributed by atoms with E-state index in [0.29, 0.717) is 0 Å². The molecule has 4 nitrogen and oxygen atoms in total. The Balaban J connectivity index is 2.27. The van der Waals surface area contributed by atoms with Crippen LogP contribution in [0.1, 0.15) is 5.56 Å². The van der Waals surface area contributed by atoms with Gasteiger partial charge in [-0.25, -0.2) is 21.9 Å². The Morgan fingerprint density at radius 1 is 1.14 bits per heavy atom. The van der Waals surface area contributed by atoms with Gasteiger partial charge in [0.2, 0.25) is 10.0 Å². The van der Waals surface area contributed by atoms with Crippen molar-refractivity contribution in [1.82, 2.24) is 4.72 Å². The fourth-order valence-electron chi connectivity index (χ4n) is 1.64. The summed E-state index contributed by atoms with van der Waals surface area (Å²) in [7, 11) is -3.96. The van der Waals surface area contributed by atoms with Crippen LogP contribution in [0.25, 0.3) is 0 Å². The van der Waals surface area contributed by atoms with Crippen molar-refractivity contribution < 1.29 is 17.2 Å². The van der Waals surface area contributed by atoms with Crippen molar-refractivity contribution in [3.8, 4) is 0 Å². The minimum absolute atomic E-state index is 0.0373. The number of nitrogen functional groups attached to an aromatic ring is 1. The van der Waals surface area contributed by atoms with E-state index in [0.717, 1.165) is 12.1 Å². The monoisotopic (exact) mass is 376 g/mol. The molecule has 2 rings (SSSR count). The number of nitrogens with one attached hydrogen (secondary N) is 1. The van der Waals surface area contributed by atoms with Crippen LogP contribution >= 0.6 is 15.9 Å². The van der Waals surface area contributed by atoms with Gasteiger partial charge in [-0.2, -0.15) is 0 Å². The Kier molecular flexibility index (Phi) is 4.60. The van der Waals surface area contributed by atoms with E-state index >= 15 is 0 Å². The van der Waals surface area contributed by atoms with E-state index in [-0.39, 0.29) is 27.2 Å². The summed E-state index contributed by atoms with van der Waals surface area (Å²) < 4.78 is 53.3. The first kappa shape index (κ1) is 15.9. The van der Waals surface area contributed by atoms with Gasteiger partial charge in [0.25, 0.3) is 0 Å². The van der Waals surface area contributed by atoms with Gasteiger partial charge in [-0.05, 0) is 34.1 Å². The lowest BCUT2D eigenvalue weighted by molar-refractivity contribution is 0.573. The molecule has 0 aliphatic rings. The molecule has 0 spiro atoms. The molecule has 3 N–H and O–H groups in total. The smallest absolute Gasteiger partial charge is 0.242 e. The van der Waals surface area contributed by atoms with Gasteiger partial charge in [-0.15, -0.1) is 0 Å². The molecule has 0 saturated carbocycles. The van der Waals surface area contributed by atoms with E-state index in [1.807, 2.05) is 0 Å². The third-order valence-electron chi connectivity index (χ3n) is 2.75. The van der Waals surface area contributed by atoms with Crippen LogP contribution in [0.5, 0.6) is 0 Å².